The second kappa shape index (κ2) is 8.16. The van der Waals surface area contributed by atoms with Gasteiger partial charge in [-0.1, -0.05) is 18.2 Å². The first-order chi connectivity index (χ1) is 14.4. The number of nitrogens with zero attached hydrogens (tertiary/aromatic N) is 5. The van der Waals surface area contributed by atoms with Crippen molar-refractivity contribution in [2.24, 2.45) is 0 Å². The van der Waals surface area contributed by atoms with Crippen LogP contribution in [0.1, 0.15) is 25.7 Å². The van der Waals surface area contributed by atoms with Gasteiger partial charge in [0, 0.05) is 46.0 Å². The van der Waals surface area contributed by atoms with Crippen molar-refractivity contribution in [3.05, 3.63) is 30.3 Å². The van der Waals surface area contributed by atoms with Gasteiger partial charge in [0.1, 0.15) is 12.1 Å². The number of anilines is 1. The number of carbonyl (C=O) groups is 3. The number of hydrogen-bond donors (Lipinski definition) is 0. The van der Waals surface area contributed by atoms with Crippen LogP contribution < -0.4 is 4.90 Å². The van der Waals surface area contributed by atoms with E-state index in [2.05, 4.69) is 4.90 Å². The summed E-state index contributed by atoms with van der Waals surface area (Å²) < 4.78 is 0. The van der Waals surface area contributed by atoms with Crippen molar-refractivity contribution in [3.8, 4) is 0 Å². The summed E-state index contributed by atoms with van der Waals surface area (Å²) >= 11 is 0. The normalized spacial score (nSPS) is 20.9. The van der Waals surface area contributed by atoms with Gasteiger partial charge in [-0.2, -0.15) is 0 Å². The maximum atomic E-state index is 13.6. The van der Waals surface area contributed by atoms with Crippen LogP contribution in [0.25, 0.3) is 0 Å². The van der Waals surface area contributed by atoms with E-state index in [9.17, 15) is 14.4 Å². The Bertz CT molecular complexity index is 798. The fraction of sp³-hybridized carbons (Fsp3) is 0.591. The minimum atomic E-state index is -0.699. The fourth-order valence-electron chi connectivity index (χ4n) is 4.90. The molecule has 3 heterocycles. The molecule has 8 nitrogen and oxygen atoms in total. The van der Waals surface area contributed by atoms with Crippen molar-refractivity contribution in [1.82, 2.24) is 19.6 Å². The number of urea groups is 1. The highest BCUT2D eigenvalue weighted by Gasteiger charge is 2.54. The number of likely N-dealkylation sites (tertiary alicyclic amines) is 2. The van der Waals surface area contributed by atoms with Gasteiger partial charge in [0.15, 0.2) is 0 Å². The molecular weight excluding hydrogens is 382 g/mol. The molecule has 162 valence electrons. The minimum absolute atomic E-state index is 0.0100. The third-order valence-electron chi connectivity index (χ3n) is 6.61. The van der Waals surface area contributed by atoms with E-state index >= 15 is 0 Å². The van der Waals surface area contributed by atoms with Gasteiger partial charge >= 0.3 is 6.03 Å². The van der Waals surface area contributed by atoms with E-state index in [-0.39, 0.29) is 24.4 Å². The van der Waals surface area contributed by atoms with Gasteiger partial charge in [-0.05, 0) is 37.8 Å². The Labute approximate surface area is 178 Å². The number of para-hydroxylation sites is 1. The van der Waals surface area contributed by atoms with E-state index in [0.29, 0.717) is 32.6 Å². The van der Waals surface area contributed by atoms with Crippen molar-refractivity contribution in [3.63, 3.8) is 0 Å². The Hall–Kier alpha value is -2.77. The molecule has 3 aliphatic rings. The number of amides is 4. The summed E-state index contributed by atoms with van der Waals surface area (Å²) in [4.78, 5) is 47.8. The van der Waals surface area contributed by atoms with Crippen LogP contribution in [0.3, 0.4) is 0 Å². The molecule has 3 fully saturated rings. The average molecular weight is 414 g/mol. The predicted octanol–water partition coefficient (Wildman–Crippen LogP) is 1.43. The van der Waals surface area contributed by atoms with E-state index < -0.39 is 5.54 Å². The lowest BCUT2D eigenvalue weighted by Gasteiger charge is -2.43. The van der Waals surface area contributed by atoms with Crippen LogP contribution in [-0.4, -0.2) is 96.5 Å². The Kier molecular flexibility index (Phi) is 5.58. The molecule has 1 spiro atoms. The molecule has 3 aliphatic heterocycles. The molecular formula is C22H31N5O3. The molecule has 0 atom stereocenters. The third-order valence-corrected chi connectivity index (χ3v) is 6.61. The number of benzene rings is 1. The highest BCUT2D eigenvalue weighted by Crippen LogP contribution is 2.39. The minimum Gasteiger partial charge on any atom is -0.341 e. The second-order valence-electron chi connectivity index (χ2n) is 8.69. The lowest BCUT2D eigenvalue weighted by molar-refractivity contribution is -0.140. The Morgan fingerprint density at radius 2 is 1.60 bits per heavy atom. The standard InChI is InChI=1S/C22H31N5O3/c1-23(2)21(30)25-14-10-22(11-15-25)20(29)26(16-19(28)24-12-6-7-13-24)17-27(22)18-8-4-3-5-9-18/h3-5,8-9H,6-7,10-17H2,1-2H3. The van der Waals surface area contributed by atoms with Gasteiger partial charge in [0.05, 0.1) is 6.67 Å². The summed E-state index contributed by atoms with van der Waals surface area (Å²) in [5.41, 5.74) is 0.282. The molecule has 30 heavy (non-hydrogen) atoms. The topological polar surface area (TPSA) is 67.4 Å². The molecule has 8 heteroatoms. The lowest BCUT2D eigenvalue weighted by atomic mass is 9.85. The van der Waals surface area contributed by atoms with E-state index in [0.717, 1.165) is 31.6 Å². The smallest absolute Gasteiger partial charge is 0.319 e. The highest BCUT2D eigenvalue weighted by molar-refractivity contribution is 5.96. The van der Waals surface area contributed by atoms with Crippen molar-refractivity contribution in [2.75, 3.05) is 58.4 Å². The van der Waals surface area contributed by atoms with Crippen LogP contribution >= 0.6 is 0 Å². The average Bonchev–Trinajstić information content (AvgIpc) is 3.38. The highest BCUT2D eigenvalue weighted by atomic mass is 16.2. The first kappa shape index (κ1) is 20.5. The quantitative estimate of drug-likeness (QED) is 0.752. The zero-order chi connectivity index (χ0) is 21.3. The molecule has 0 aromatic heterocycles. The maximum Gasteiger partial charge on any atom is 0.319 e. The van der Waals surface area contributed by atoms with E-state index in [1.54, 1.807) is 28.8 Å². The van der Waals surface area contributed by atoms with E-state index in [1.807, 2.05) is 35.2 Å². The Morgan fingerprint density at radius 1 is 0.967 bits per heavy atom. The summed E-state index contributed by atoms with van der Waals surface area (Å²) in [7, 11) is 3.49. The number of carbonyl (C=O) groups excluding carboxylic acids is 3. The van der Waals surface area contributed by atoms with E-state index in [1.165, 1.54) is 0 Å². The summed E-state index contributed by atoms with van der Waals surface area (Å²) in [5.74, 6) is 0.0435. The molecule has 1 aromatic rings. The van der Waals surface area contributed by atoms with E-state index in [4.69, 9.17) is 0 Å². The predicted molar refractivity (Wildman–Crippen MR) is 114 cm³/mol. The van der Waals surface area contributed by atoms with Crippen LogP contribution in [0.15, 0.2) is 30.3 Å². The molecule has 1 aromatic carbocycles. The summed E-state index contributed by atoms with van der Waals surface area (Å²) in [6, 6.07) is 9.90. The van der Waals surface area contributed by atoms with Crippen LogP contribution in [0.5, 0.6) is 0 Å². The third kappa shape index (κ3) is 3.59. The zero-order valence-corrected chi connectivity index (χ0v) is 17.9. The van der Waals surface area contributed by atoms with Gasteiger partial charge in [0.25, 0.3) is 5.91 Å². The molecule has 4 amide bonds. The zero-order valence-electron chi connectivity index (χ0n) is 17.9. The first-order valence-corrected chi connectivity index (χ1v) is 10.8. The van der Waals surface area contributed by atoms with Gasteiger partial charge in [-0.25, -0.2) is 4.79 Å². The number of piperidine rings is 1. The molecule has 0 radical (unpaired) electrons. The number of hydrogen-bond acceptors (Lipinski definition) is 4. The fourth-order valence-corrected chi connectivity index (χ4v) is 4.90. The summed E-state index contributed by atoms with van der Waals surface area (Å²) in [6.45, 7) is 3.17. The molecule has 0 N–H and O–H groups in total. The Morgan fingerprint density at radius 3 is 2.20 bits per heavy atom. The molecule has 0 aliphatic carbocycles. The number of rotatable bonds is 3. The van der Waals surface area contributed by atoms with Crippen LogP contribution in [0.4, 0.5) is 10.5 Å². The molecule has 3 saturated heterocycles. The largest absolute Gasteiger partial charge is 0.341 e. The molecule has 0 unspecified atom stereocenters. The van der Waals surface area contributed by atoms with Crippen molar-refractivity contribution in [1.29, 1.82) is 0 Å². The van der Waals surface area contributed by atoms with Crippen LogP contribution in [-0.2, 0) is 9.59 Å². The van der Waals surface area contributed by atoms with Gasteiger partial charge < -0.3 is 24.5 Å². The van der Waals surface area contributed by atoms with Gasteiger partial charge in [-0.3, -0.25) is 9.59 Å². The second-order valence-corrected chi connectivity index (χ2v) is 8.69. The first-order valence-electron chi connectivity index (χ1n) is 10.8. The molecule has 4 rings (SSSR count). The van der Waals surface area contributed by atoms with Gasteiger partial charge in [0.2, 0.25) is 5.91 Å². The molecule has 0 bridgehead atoms. The summed E-state index contributed by atoms with van der Waals surface area (Å²) in [6.07, 6.45) is 3.20. The van der Waals surface area contributed by atoms with Crippen LogP contribution in [0.2, 0.25) is 0 Å². The monoisotopic (exact) mass is 413 g/mol. The van der Waals surface area contributed by atoms with Gasteiger partial charge in [-0.15, -0.1) is 0 Å². The van der Waals surface area contributed by atoms with Crippen molar-refractivity contribution >= 4 is 23.5 Å². The maximum absolute atomic E-state index is 13.6. The summed E-state index contributed by atoms with van der Waals surface area (Å²) in [5, 5.41) is 0. The SMILES string of the molecule is CN(C)C(=O)N1CCC2(CC1)C(=O)N(CC(=O)N1CCCC1)CN2c1ccccc1. The Balaban J connectivity index is 1.56. The molecule has 0 saturated carbocycles. The van der Waals surface area contributed by atoms with Crippen LogP contribution in [0, 0.1) is 0 Å². The van der Waals surface area contributed by atoms with Crippen molar-refractivity contribution < 1.29 is 14.4 Å². The lowest BCUT2D eigenvalue weighted by Crippen LogP contribution is -2.58. The van der Waals surface area contributed by atoms with Crippen molar-refractivity contribution in [2.45, 2.75) is 31.2 Å².